The maximum Gasteiger partial charge on any atom is 0.472 e. The molecule has 0 fully saturated rings. The molecule has 3 N–H and O–H groups in total. The SMILES string of the molecule is CCCCCCCCCCCCCCCCCCOC[C@H](COP(=O)(O)OC[C@H](CCc1ccc2c(N)ncnn12)OC#N)Oc1cnc(C#N)nc1. The summed E-state index contributed by atoms with van der Waals surface area (Å²) in [5, 5.41) is 22.3. The van der Waals surface area contributed by atoms with Crippen LogP contribution in [0.4, 0.5) is 5.82 Å². The summed E-state index contributed by atoms with van der Waals surface area (Å²) in [5.74, 6) is 0.553. The van der Waals surface area contributed by atoms with E-state index in [4.69, 9.17) is 39.5 Å². The number of aromatic nitrogens is 5. The highest BCUT2D eigenvalue weighted by Crippen LogP contribution is 2.43. The molecule has 3 atom stereocenters. The lowest BCUT2D eigenvalue weighted by molar-refractivity contribution is 0.00954. The third-order valence-corrected chi connectivity index (χ3v) is 9.78. The van der Waals surface area contributed by atoms with E-state index < -0.39 is 20.0 Å². The predicted octanol–water partition coefficient (Wildman–Crippen LogP) is 7.63. The minimum atomic E-state index is -4.59. The lowest BCUT2D eigenvalue weighted by atomic mass is 10.0. The Morgan fingerprint density at radius 2 is 1.42 bits per heavy atom. The van der Waals surface area contributed by atoms with Gasteiger partial charge < -0.3 is 24.8 Å². The molecule has 3 aromatic heterocycles. The largest absolute Gasteiger partial charge is 0.482 e. The van der Waals surface area contributed by atoms with Gasteiger partial charge in [-0.2, -0.15) is 15.6 Å². The standard InChI is InChI=1S/C37H57N8O7P/c1-2-3-4-5-6-7-8-9-10-11-12-13-14-15-16-17-22-48-26-34(52-33-24-41-36(23-38)42-25-33)28-51-53(46,47)50-27-32(49-29-39)20-18-31-19-21-35-37(40)43-30-44-45(31)35/h19,21,24-25,30,32,34H,2-18,20,22,26-28H2,1H3,(H,46,47)(H2,40,43,44)/t32-,34+/m0/s1. The molecular formula is C37H57N8O7P. The summed E-state index contributed by atoms with van der Waals surface area (Å²) in [6.07, 6.45) is 25.2. The van der Waals surface area contributed by atoms with Crippen molar-refractivity contribution in [3.63, 3.8) is 0 Å². The number of unbranched alkanes of at least 4 members (excludes halogenated alkanes) is 15. The average Bonchev–Trinajstić information content (AvgIpc) is 3.59. The molecule has 0 bridgehead atoms. The summed E-state index contributed by atoms with van der Waals surface area (Å²) in [6, 6.07) is 5.45. The van der Waals surface area contributed by atoms with Crippen molar-refractivity contribution in [3.8, 4) is 18.1 Å². The Kier molecular flexibility index (Phi) is 21.4. The quantitative estimate of drug-likeness (QED) is 0.0367. The van der Waals surface area contributed by atoms with Crippen LogP contribution in [0.3, 0.4) is 0 Å². The second-order valence-electron chi connectivity index (χ2n) is 13.2. The first-order chi connectivity index (χ1) is 25.8. The molecule has 0 radical (unpaired) electrons. The van der Waals surface area contributed by atoms with Crippen LogP contribution in [-0.2, 0) is 29.5 Å². The molecule has 15 nitrogen and oxygen atoms in total. The first-order valence-electron chi connectivity index (χ1n) is 19.1. The Balaban J connectivity index is 1.34. The van der Waals surface area contributed by atoms with Gasteiger partial charge in [0.2, 0.25) is 5.82 Å². The average molecular weight is 757 g/mol. The second kappa shape index (κ2) is 26.0. The molecule has 0 saturated heterocycles. The Morgan fingerprint density at radius 3 is 2.00 bits per heavy atom. The third kappa shape index (κ3) is 18.2. The van der Waals surface area contributed by atoms with Crippen LogP contribution in [0.25, 0.3) is 5.52 Å². The van der Waals surface area contributed by atoms with Gasteiger partial charge in [-0.25, -0.2) is 24.0 Å². The van der Waals surface area contributed by atoms with Gasteiger partial charge in [-0.3, -0.25) is 9.05 Å². The fraction of sp³-hybridized carbons (Fsp3) is 0.676. The fourth-order valence-corrected chi connectivity index (χ4v) is 6.64. The number of rotatable bonds is 31. The van der Waals surface area contributed by atoms with Crippen molar-refractivity contribution in [1.29, 1.82) is 10.5 Å². The molecule has 1 unspecified atom stereocenters. The van der Waals surface area contributed by atoms with Crippen molar-refractivity contribution in [2.24, 2.45) is 0 Å². The van der Waals surface area contributed by atoms with Crippen LogP contribution in [0.1, 0.15) is 128 Å². The van der Waals surface area contributed by atoms with E-state index in [9.17, 15) is 9.46 Å². The van der Waals surface area contributed by atoms with Crippen molar-refractivity contribution < 1.29 is 32.7 Å². The molecule has 3 aromatic rings. The van der Waals surface area contributed by atoms with Crippen LogP contribution in [0.5, 0.6) is 5.75 Å². The first-order valence-corrected chi connectivity index (χ1v) is 20.5. The highest BCUT2D eigenvalue weighted by molar-refractivity contribution is 7.47. The third-order valence-electron chi connectivity index (χ3n) is 8.83. The van der Waals surface area contributed by atoms with Crippen LogP contribution in [0, 0.1) is 22.8 Å². The van der Waals surface area contributed by atoms with Crippen LogP contribution >= 0.6 is 7.82 Å². The molecule has 0 spiro atoms. The van der Waals surface area contributed by atoms with Crippen molar-refractivity contribution in [2.45, 2.75) is 135 Å². The zero-order valence-electron chi connectivity index (χ0n) is 31.1. The predicted molar refractivity (Wildman–Crippen MR) is 199 cm³/mol. The fourth-order valence-electron chi connectivity index (χ4n) is 5.86. The normalized spacial score (nSPS) is 13.6. The van der Waals surface area contributed by atoms with Gasteiger partial charge in [-0.1, -0.05) is 103 Å². The van der Waals surface area contributed by atoms with Gasteiger partial charge in [-0.05, 0) is 31.4 Å². The van der Waals surface area contributed by atoms with Gasteiger partial charge in [0.15, 0.2) is 11.6 Å². The molecule has 0 aliphatic heterocycles. The van der Waals surface area contributed by atoms with E-state index in [-0.39, 0.29) is 37.8 Å². The molecule has 0 aliphatic rings. The molecule has 53 heavy (non-hydrogen) atoms. The number of fused-ring (bicyclic) bond motifs is 1. The smallest absolute Gasteiger partial charge is 0.472 e. The van der Waals surface area contributed by atoms with E-state index >= 15 is 0 Å². The number of nitriles is 2. The van der Waals surface area contributed by atoms with Gasteiger partial charge in [0.25, 0.3) is 6.26 Å². The van der Waals surface area contributed by atoms with E-state index in [2.05, 4.69) is 27.0 Å². The number of nitrogen functional groups attached to an aromatic ring is 1. The van der Waals surface area contributed by atoms with Crippen molar-refractivity contribution in [3.05, 3.63) is 42.4 Å². The molecule has 0 saturated carbocycles. The minimum absolute atomic E-state index is 0.0187. The monoisotopic (exact) mass is 756 g/mol. The Bertz CT molecular complexity index is 1560. The summed E-state index contributed by atoms with van der Waals surface area (Å²) in [5.41, 5.74) is 7.33. The van der Waals surface area contributed by atoms with Crippen molar-refractivity contribution in [1.82, 2.24) is 24.6 Å². The lowest BCUT2D eigenvalue weighted by Crippen LogP contribution is -2.29. The summed E-state index contributed by atoms with van der Waals surface area (Å²) in [4.78, 5) is 22.2. The summed E-state index contributed by atoms with van der Waals surface area (Å²) in [6.45, 7) is 2.09. The highest BCUT2D eigenvalue weighted by atomic mass is 31.2. The number of phosphoric ester groups is 1. The molecule has 0 aromatic carbocycles. The van der Waals surface area contributed by atoms with Crippen LogP contribution in [0.15, 0.2) is 30.9 Å². The Labute approximate surface area is 313 Å². The molecule has 0 aliphatic carbocycles. The van der Waals surface area contributed by atoms with E-state index in [1.807, 2.05) is 12.1 Å². The number of aryl methyl sites for hydroxylation is 1. The second-order valence-corrected chi connectivity index (χ2v) is 14.6. The number of nitrogens with two attached hydrogens (primary N) is 1. The molecule has 3 heterocycles. The maximum atomic E-state index is 12.8. The molecule has 16 heteroatoms. The van der Waals surface area contributed by atoms with Crippen molar-refractivity contribution in [2.75, 3.05) is 32.2 Å². The zero-order chi connectivity index (χ0) is 38.0. The topological polar surface area (TPSA) is 213 Å². The van der Waals surface area contributed by atoms with Gasteiger partial charge in [0.05, 0.1) is 32.2 Å². The number of nitrogens with zero attached hydrogens (tertiary/aromatic N) is 7. The number of ether oxygens (including phenoxy) is 3. The van der Waals surface area contributed by atoms with E-state index in [1.165, 1.54) is 102 Å². The Morgan fingerprint density at radius 1 is 0.830 bits per heavy atom. The van der Waals surface area contributed by atoms with E-state index in [1.54, 1.807) is 16.8 Å². The van der Waals surface area contributed by atoms with Gasteiger partial charge in [0, 0.05) is 12.3 Å². The van der Waals surface area contributed by atoms with E-state index in [0.717, 1.165) is 25.0 Å². The lowest BCUT2D eigenvalue weighted by Gasteiger charge is -2.21. The van der Waals surface area contributed by atoms with Crippen molar-refractivity contribution >= 4 is 19.2 Å². The number of hydrogen-bond acceptors (Lipinski definition) is 13. The molecule has 292 valence electrons. The highest BCUT2D eigenvalue weighted by Gasteiger charge is 2.27. The minimum Gasteiger partial charge on any atom is -0.482 e. The van der Waals surface area contributed by atoms with Gasteiger partial charge in [-0.15, -0.1) is 0 Å². The number of hydrogen-bond donors (Lipinski definition) is 2. The maximum absolute atomic E-state index is 12.8. The van der Waals surface area contributed by atoms with Crippen LogP contribution in [-0.4, -0.2) is 68.1 Å². The molecule has 3 rings (SSSR count). The van der Waals surface area contributed by atoms with Gasteiger partial charge in [0.1, 0.15) is 30.1 Å². The number of anilines is 1. The van der Waals surface area contributed by atoms with Crippen LogP contribution in [0.2, 0.25) is 0 Å². The van der Waals surface area contributed by atoms with Gasteiger partial charge >= 0.3 is 7.82 Å². The summed E-state index contributed by atoms with van der Waals surface area (Å²) < 4.78 is 41.7. The first kappa shape index (κ1) is 43.6. The summed E-state index contributed by atoms with van der Waals surface area (Å²) in [7, 11) is -4.59. The Hall–Kier alpha value is -3.85. The zero-order valence-corrected chi connectivity index (χ0v) is 32.0. The summed E-state index contributed by atoms with van der Waals surface area (Å²) >= 11 is 0. The van der Waals surface area contributed by atoms with E-state index in [0.29, 0.717) is 24.4 Å². The molecular weight excluding hydrogens is 699 g/mol. The van der Waals surface area contributed by atoms with Crippen LogP contribution < -0.4 is 10.5 Å². The molecule has 0 amide bonds. The number of phosphoric acid groups is 1.